The number of nitrogens with zero attached hydrogens (tertiary/aromatic N) is 1. The molecule has 0 saturated carbocycles. The maximum atomic E-state index is 13.0. The molecule has 0 bridgehead atoms. The van der Waals surface area contributed by atoms with Crippen LogP contribution in [-0.2, 0) is 22.6 Å². The molecular formula is C29H27IN2O5S. The second kappa shape index (κ2) is 13.0. The largest absolute Gasteiger partial charge is 0.490 e. The summed E-state index contributed by atoms with van der Waals surface area (Å²) in [7, 11) is 0. The molecule has 1 aliphatic rings. The van der Waals surface area contributed by atoms with Crippen molar-refractivity contribution in [3.8, 4) is 11.5 Å². The Morgan fingerprint density at radius 3 is 2.42 bits per heavy atom. The summed E-state index contributed by atoms with van der Waals surface area (Å²) in [6, 6.07) is 20.9. The minimum absolute atomic E-state index is 0.242. The van der Waals surface area contributed by atoms with Crippen molar-refractivity contribution in [2.45, 2.75) is 26.9 Å². The third kappa shape index (κ3) is 6.96. The number of thioether (sulfide) groups is 1. The number of carbonyl (C=O) groups is 3. The van der Waals surface area contributed by atoms with Gasteiger partial charge < -0.3 is 14.8 Å². The van der Waals surface area contributed by atoms with Crippen molar-refractivity contribution in [3.63, 3.8) is 0 Å². The number of hydrogen-bond donors (Lipinski definition) is 1. The van der Waals surface area contributed by atoms with Gasteiger partial charge in [0.15, 0.2) is 11.5 Å². The van der Waals surface area contributed by atoms with Crippen molar-refractivity contribution in [2.24, 2.45) is 0 Å². The van der Waals surface area contributed by atoms with E-state index in [9.17, 15) is 14.4 Å². The Labute approximate surface area is 239 Å². The van der Waals surface area contributed by atoms with E-state index < -0.39 is 17.1 Å². The van der Waals surface area contributed by atoms with Crippen LogP contribution in [-0.4, -0.2) is 35.1 Å². The molecule has 1 fully saturated rings. The minimum Gasteiger partial charge on any atom is -0.490 e. The molecule has 196 valence electrons. The fourth-order valence-corrected chi connectivity index (χ4v) is 5.38. The molecule has 0 unspecified atom stereocenters. The number of amides is 3. The molecule has 1 heterocycles. The summed E-state index contributed by atoms with van der Waals surface area (Å²) in [6.07, 6.45) is 2.53. The van der Waals surface area contributed by atoms with Gasteiger partial charge in [-0.1, -0.05) is 49.4 Å². The molecule has 0 atom stereocenters. The molecular weight excluding hydrogens is 615 g/mol. The van der Waals surface area contributed by atoms with Gasteiger partial charge in [0.25, 0.3) is 11.1 Å². The van der Waals surface area contributed by atoms with Crippen LogP contribution in [0.25, 0.3) is 6.08 Å². The van der Waals surface area contributed by atoms with E-state index in [1.54, 1.807) is 24.3 Å². The zero-order valence-electron chi connectivity index (χ0n) is 21.0. The van der Waals surface area contributed by atoms with E-state index >= 15 is 0 Å². The van der Waals surface area contributed by atoms with Gasteiger partial charge in [-0.25, -0.2) is 0 Å². The number of rotatable bonds is 10. The lowest BCUT2D eigenvalue weighted by Crippen LogP contribution is -2.36. The van der Waals surface area contributed by atoms with Crippen LogP contribution in [0.15, 0.2) is 71.6 Å². The second-order valence-electron chi connectivity index (χ2n) is 8.40. The molecule has 38 heavy (non-hydrogen) atoms. The van der Waals surface area contributed by atoms with Crippen LogP contribution in [0.4, 0.5) is 10.5 Å². The average molecular weight is 643 g/mol. The van der Waals surface area contributed by atoms with E-state index in [4.69, 9.17) is 9.47 Å². The van der Waals surface area contributed by atoms with Gasteiger partial charge >= 0.3 is 0 Å². The number of halogens is 1. The highest BCUT2D eigenvalue weighted by Gasteiger charge is 2.36. The molecule has 1 N–H and O–H groups in total. The van der Waals surface area contributed by atoms with Gasteiger partial charge in [-0.05, 0) is 94.7 Å². The summed E-state index contributed by atoms with van der Waals surface area (Å²) in [4.78, 5) is 39.3. The molecule has 0 aromatic heterocycles. The van der Waals surface area contributed by atoms with Gasteiger partial charge in [-0.15, -0.1) is 0 Å². The maximum Gasteiger partial charge on any atom is 0.294 e. The van der Waals surface area contributed by atoms with Gasteiger partial charge in [0.2, 0.25) is 5.91 Å². The van der Waals surface area contributed by atoms with Crippen molar-refractivity contribution in [1.82, 2.24) is 4.90 Å². The number of ether oxygens (including phenoxy) is 2. The molecule has 0 spiro atoms. The summed E-state index contributed by atoms with van der Waals surface area (Å²) >= 11 is 2.98. The molecule has 3 aromatic rings. The first-order chi connectivity index (χ1) is 18.4. The quantitative estimate of drug-likeness (QED) is 0.201. The Balaban J connectivity index is 1.47. The number of carbonyl (C=O) groups excluding carboxylic acids is 3. The molecule has 3 aromatic carbocycles. The third-order valence-electron chi connectivity index (χ3n) is 5.68. The van der Waals surface area contributed by atoms with E-state index in [-0.39, 0.29) is 11.4 Å². The first-order valence-electron chi connectivity index (χ1n) is 12.1. The molecule has 7 nitrogen and oxygen atoms in total. The normalized spacial score (nSPS) is 14.2. The number of anilines is 1. The average Bonchev–Trinajstić information content (AvgIpc) is 3.16. The SMILES string of the molecule is CCOc1cc(/C=C2/SC(=O)N(CC(=O)Nc3ccc(CC)cc3)C2=O)cc(I)c1OCc1ccccc1. The Morgan fingerprint density at radius 2 is 1.74 bits per heavy atom. The Kier molecular flexibility index (Phi) is 9.46. The van der Waals surface area contributed by atoms with Gasteiger partial charge in [-0.2, -0.15) is 0 Å². The monoisotopic (exact) mass is 642 g/mol. The van der Waals surface area contributed by atoms with E-state index in [2.05, 4.69) is 27.9 Å². The Hall–Kier alpha value is -3.31. The van der Waals surface area contributed by atoms with Crippen molar-refractivity contribution in [1.29, 1.82) is 0 Å². The first-order valence-corrected chi connectivity index (χ1v) is 14.0. The third-order valence-corrected chi connectivity index (χ3v) is 7.39. The van der Waals surface area contributed by atoms with Crippen LogP contribution in [0.1, 0.15) is 30.5 Å². The minimum atomic E-state index is -0.506. The maximum absolute atomic E-state index is 13.0. The second-order valence-corrected chi connectivity index (χ2v) is 10.6. The molecule has 0 radical (unpaired) electrons. The zero-order valence-corrected chi connectivity index (χ0v) is 24.0. The fourth-order valence-electron chi connectivity index (χ4n) is 3.76. The number of imide groups is 1. The number of nitrogens with one attached hydrogen (secondary N) is 1. The van der Waals surface area contributed by atoms with Gasteiger partial charge in [0, 0.05) is 5.69 Å². The highest BCUT2D eigenvalue weighted by atomic mass is 127. The molecule has 9 heteroatoms. The predicted octanol–water partition coefficient (Wildman–Crippen LogP) is 6.51. The smallest absolute Gasteiger partial charge is 0.294 e. The zero-order chi connectivity index (χ0) is 27.1. The standard InChI is InChI=1S/C29H27IN2O5S/c1-3-19-10-12-22(13-11-19)31-26(33)17-32-28(34)25(38-29(32)35)16-21-14-23(30)27(24(15-21)36-4-2)37-18-20-8-6-5-7-9-20/h5-16H,3-4,17-18H2,1-2H3,(H,31,33)/b25-16+. The van der Waals surface area contributed by atoms with Crippen molar-refractivity contribution in [2.75, 3.05) is 18.5 Å². The van der Waals surface area contributed by atoms with Crippen LogP contribution < -0.4 is 14.8 Å². The van der Waals surface area contributed by atoms with E-state index in [0.717, 1.165) is 37.8 Å². The van der Waals surface area contributed by atoms with Crippen LogP contribution in [0, 0.1) is 3.57 Å². The lowest BCUT2D eigenvalue weighted by molar-refractivity contribution is -0.127. The lowest BCUT2D eigenvalue weighted by atomic mass is 10.1. The first kappa shape index (κ1) is 27.7. The number of benzene rings is 3. The molecule has 0 aliphatic carbocycles. The number of hydrogen-bond acceptors (Lipinski definition) is 6. The van der Waals surface area contributed by atoms with Crippen LogP contribution in [0.2, 0.25) is 0 Å². The van der Waals surface area contributed by atoms with Crippen LogP contribution in [0.5, 0.6) is 11.5 Å². The summed E-state index contributed by atoms with van der Waals surface area (Å²) in [6.45, 7) is 4.41. The Bertz CT molecular complexity index is 1360. The highest BCUT2D eigenvalue weighted by molar-refractivity contribution is 14.1. The van der Waals surface area contributed by atoms with Crippen LogP contribution in [0.3, 0.4) is 0 Å². The van der Waals surface area contributed by atoms with E-state index in [1.807, 2.05) is 62.4 Å². The molecule has 4 rings (SSSR count). The highest BCUT2D eigenvalue weighted by Crippen LogP contribution is 2.38. The fraction of sp³-hybridized carbons (Fsp3) is 0.207. The van der Waals surface area contributed by atoms with Crippen molar-refractivity contribution < 1.29 is 23.9 Å². The van der Waals surface area contributed by atoms with Gasteiger partial charge in [0.05, 0.1) is 15.1 Å². The topological polar surface area (TPSA) is 84.9 Å². The predicted molar refractivity (Wildman–Crippen MR) is 158 cm³/mol. The van der Waals surface area contributed by atoms with Crippen molar-refractivity contribution >= 4 is 63.2 Å². The molecule has 3 amide bonds. The van der Waals surface area contributed by atoms with E-state index in [0.29, 0.717) is 36.0 Å². The lowest BCUT2D eigenvalue weighted by Gasteiger charge is -2.15. The van der Waals surface area contributed by atoms with Gasteiger partial charge in [-0.3, -0.25) is 19.3 Å². The summed E-state index contributed by atoms with van der Waals surface area (Å²) in [5.74, 6) is 0.222. The van der Waals surface area contributed by atoms with Crippen molar-refractivity contribution in [3.05, 3.63) is 91.9 Å². The Morgan fingerprint density at radius 1 is 1.00 bits per heavy atom. The number of aryl methyl sites for hydroxylation is 1. The van der Waals surface area contributed by atoms with Crippen LogP contribution >= 0.6 is 34.4 Å². The molecule has 1 aliphatic heterocycles. The summed E-state index contributed by atoms with van der Waals surface area (Å²) in [5, 5.41) is 2.25. The summed E-state index contributed by atoms with van der Waals surface area (Å²) in [5.41, 5.74) is 3.49. The summed E-state index contributed by atoms with van der Waals surface area (Å²) < 4.78 is 12.7. The van der Waals surface area contributed by atoms with Gasteiger partial charge in [0.1, 0.15) is 13.2 Å². The van der Waals surface area contributed by atoms with E-state index in [1.165, 1.54) is 0 Å². The molecule has 1 saturated heterocycles.